The van der Waals surface area contributed by atoms with Gasteiger partial charge in [0.1, 0.15) is 5.75 Å². The van der Waals surface area contributed by atoms with E-state index in [0.29, 0.717) is 18.7 Å². The van der Waals surface area contributed by atoms with Crippen molar-refractivity contribution in [2.45, 2.75) is 26.4 Å². The summed E-state index contributed by atoms with van der Waals surface area (Å²) in [7, 11) is 1.61. The molecule has 24 heavy (non-hydrogen) atoms. The third-order valence-electron chi connectivity index (χ3n) is 3.35. The molecule has 1 N–H and O–H groups in total. The molecule has 0 bridgehead atoms. The van der Waals surface area contributed by atoms with Gasteiger partial charge in [-0.2, -0.15) is 0 Å². The van der Waals surface area contributed by atoms with Gasteiger partial charge in [0.05, 0.1) is 12.8 Å². The van der Waals surface area contributed by atoms with Crippen LogP contribution in [0.15, 0.2) is 34.9 Å². The number of benzene rings is 1. The molecule has 1 amide bonds. The first kappa shape index (κ1) is 17.5. The number of carbonyl (C=O) groups is 2. The maximum atomic E-state index is 12.0. The van der Waals surface area contributed by atoms with E-state index in [1.54, 1.807) is 14.0 Å². The molecule has 0 aliphatic heterocycles. The van der Waals surface area contributed by atoms with Crippen LogP contribution in [-0.4, -0.2) is 36.8 Å². The summed E-state index contributed by atoms with van der Waals surface area (Å²) in [5.74, 6) is -0.321. The number of aryl methyl sites for hydroxylation is 1. The van der Waals surface area contributed by atoms with Crippen LogP contribution in [0, 0.1) is 6.92 Å². The fourth-order valence-corrected chi connectivity index (χ4v) is 2.00. The second-order valence-corrected chi connectivity index (χ2v) is 5.27. The Bertz CT molecular complexity index is 693. The summed E-state index contributed by atoms with van der Waals surface area (Å²) in [4.78, 5) is 23.7. The van der Waals surface area contributed by atoms with E-state index in [9.17, 15) is 9.59 Å². The van der Waals surface area contributed by atoms with Gasteiger partial charge in [-0.3, -0.25) is 4.79 Å². The number of rotatable bonds is 7. The van der Waals surface area contributed by atoms with Gasteiger partial charge < -0.3 is 19.3 Å². The molecular weight excluding hydrogens is 312 g/mol. The van der Waals surface area contributed by atoms with E-state index in [1.165, 1.54) is 13.0 Å². The Hall–Kier alpha value is -2.83. The summed E-state index contributed by atoms with van der Waals surface area (Å²) < 4.78 is 14.9. The van der Waals surface area contributed by atoms with E-state index in [4.69, 9.17) is 14.0 Å². The van der Waals surface area contributed by atoms with Gasteiger partial charge in [0.15, 0.2) is 6.10 Å². The summed E-state index contributed by atoms with van der Waals surface area (Å²) in [6.07, 6.45) is -0.253. The second kappa shape index (κ2) is 8.14. The lowest BCUT2D eigenvalue weighted by Crippen LogP contribution is -2.36. The highest BCUT2D eigenvalue weighted by Gasteiger charge is 2.21. The summed E-state index contributed by atoms with van der Waals surface area (Å²) in [5, 5.41) is 6.33. The number of nitrogens with zero attached hydrogens (tertiary/aromatic N) is 1. The van der Waals surface area contributed by atoms with Gasteiger partial charge in [0.2, 0.25) is 5.76 Å². The van der Waals surface area contributed by atoms with Crippen molar-refractivity contribution in [3.63, 3.8) is 0 Å². The fraction of sp³-hybridized carbons (Fsp3) is 0.353. The minimum Gasteiger partial charge on any atom is -0.497 e. The van der Waals surface area contributed by atoms with Gasteiger partial charge in [-0.25, -0.2) is 4.79 Å². The summed E-state index contributed by atoms with van der Waals surface area (Å²) >= 11 is 0. The van der Waals surface area contributed by atoms with Crippen LogP contribution in [0.3, 0.4) is 0 Å². The number of carbonyl (C=O) groups excluding carboxylic acids is 2. The second-order valence-electron chi connectivity index (χ2n) is 5.27. The molecule has 128 valence electrons. The molecule has 0 saturated heterocycles. The zero-order valence-corrected chi connectivity index (χ0v) is 13.9. The van der Waals surface area contributed by atoms with Gasteiger partial charge in [-0.05, 0) is 38.0 Å². The molecule has 0 aliphatic carbocycles. The van der Waals surface area contributed by atoms with E-state index in [2.05, 4.69) is 10.5 Å². The van der Waals surface area contributed by atoms with Crippen molar-refractivity contribution in [3.8, 4) is 5.75 Å². The lowest BCUT2D eigenvalue weighted by atomic mass is 10.1. The Morgan fingerprint density at radius 1 is 1.29 bits per heavy atom. The Morgan fingerprint density at radius 2 is 2.00 bits per heavy atom. The summed E-state index contributed by atoms with van der Waals surface area (Å²) in [5.41, 5.74) is 1.64. The van der Waals surface area contributed by atoms with Gasteiger partial charge in [0.25, 0.3) is 5.91 Å². The number of nitrogens with one attached hydrogen (secondary N) is 1. The van der Waals surface area contributed by atoms with E-state index >= 15 is 0 Å². The molecule has 1 aromatic carbocycles. The van der Waals surface area contributed by atoms with Crippen molar-refractivity contribution in [2.75, 3.05) is 13.7 Å². The molecule has 0 spiro atoms. The predicted molar refractivity (Wildman–Crippen MR) is 85.8 cm³/mol. The number of aromatic nitrogens is 1. The quantitative estimate of drug-likeness (QED) is 0.779. The van der Waals surface area contributed by atoms with E-state index in [0.717, 1.165) is 11.3 Å². The first-order valence-corrected chi connectivity index (χ1v) is 7.54. The Balaban J connectivity index is 1.75. The molecule has 0 radical (unpaired) electrons. The van der Waals surface area contributed by atoms with E-state index < -0.39 is 12.1 Å². The number of esters is 1. The number of hydrogen-bond donors (Lipinski definition) is 1. The molecule has 0 unspecified atom stereocenters. The van der Waals surface area contributed by atoms with Crippen molar-refractivity contribution in [1.82, 2.24) is 10.5 Å². The lowest BCUT2D eigenvalue weighted by molar-refractivity contribution is -0.129. The van der Waals surface area contributed by atoms with Crippen LogP contribution in [0.25, 0.3) is 0 Å². The van der Waals surface area contributed by atoms with Crippen LogP contribution in [0.2, 0.25) is 0 Å². The average Bonchev–Trinajstić information content (AvgIpc) is 3.02. The summed E-state index contributed by atoms with van der Waals surface area (Å²) in [6.45, 7) is 3.63. The third-order valence-corrected chi connectivity index (χ3v) is 3.35. The smallest absolute Gasteiger partial charge is 0.377 e. The van der Waals surface area contributed by atoms with Crippen LogP contribution in [0.5, 0.6) is 5.75 Å². The average molecular weight is 332 g/mol. The Morgan fingerprint density at radius 3 is 2.58 bits per heavy atom. The van der Waals surface area contributed by atoms with Gasteiger partial charge >= 0.3 is 5.97 Å². The molecule has 7 nitrogen and oxygen atoms in total. The zero-order valence-electron chi connectivity index (χ0n) is 13.9. The maximum absolute atomic E-state index is 12.0. The van der Waals surface area contributed by atoms with Crippen LogP contribution < -0.4 is 10.1 Å². The third kappa shape index (κ3) is 4.84. The number of methoxy groups -OCH3 is 1. The maximum Gasteiger partial charge on any atom is 0.377 e. The highest BCUT2D eigenvalue weighted by molar-refractivity contribution is 5.89. The SMILES string of the molecule is COc1ccc(CCNC(=O)[C@@H](C)OC(=O)c2cc(C)no2)cc1. The van der Waals surface area contributed by atoms with Crippen molar-refractivity contribution in [3.05, 3.63) is 47.3 Å². The fourth-order valence-electron chi connectivity index (χ4n) is 2.00. The van der Waals surface area contributed by atoms with Gasteiger partial charge in [-0.15, -0.1) is 0 Å². The molecule has 2 aromatic rings. The van der Waals surface area contributed by atoms with Crippen molar-refractivity contribution < 1.29 is 23.6 Å². The number of hydrogen-bond acceptors (Lipinski definition) is 6. The van der Waals surface area contributed by atoms with Gasteiger partial charge in [0, 0.05) is 12.6 Å². The topological polar surface area (TPSA) is 90.7 Å². The normalized spacial score (nSPS) is 11.6. The molecule has 1 aromatic heterocycles. The Kier molecular flexibility index (Phi) is 5.95. The monoisotopic (exact) mass is 332 g/mol. The summed E-state index contributed by atoms with van der Waals surface area (Å²) in [6, 6.07) is 9.04. The lowest BCUT2D eigenvalue weighted by Gasteiger charge is -2.12. The highest BCUT2D eigenvalue weighted by atomic mass is 16.6. The minimum atomic E-state index is -0.918. The first-order valence-electron chi connectivity index (χ1n) is 7.54. The van der Waals surface area contributed by atoms with E-state index in [-0.39, 0.29) is 11.7 Å². The van der Waals surface area contributed by atoms with Crippen LogP contribution in [0.1, 0.15) is 28.7 Å². The molecule has 1 heterocycles. The van der Waals surface area contributed by atoms with Crippen molar-refractivity contribution in [1.29, 1.82) is 0 Å². The predicted octanol–water partition coefficient (Wildman–Crippen LogP) is 1.90. The number of ether oxygens (including phenoxy) is 2. The largest absolute Gasteiger partial charge is 0.497 e. The zero-order chi connectivity index (χ0) is 17.5. The van der Waals surface area contributed by atoms with Crippen LogP contribution in [0.4, 0.5) is 0 Å². The van der Waals surface area contributed by atoms with Crippen LogP contribution in [-0.2, 0) is 16.0 Å². The number of amides is 1. The molecular formula is C17H20N2O5. The van der Waals surface area contributed by atoms with Crippen molar-refractivity contribution >= 4 is 11.9 Å². The first-order chi connectivity index (χ1) is 11.5. The molecule has 2 rings (SSSR count). The highest BCUT2D eigenvalue weighted by Crippen LogP contribution is 2.11. The van der Waals surface area contributed by atoms with Crippen LogP contribution >= 0.6 is 0 Å². The standard InChI is InChI=1S/C17H20N2O5/c1-11-10-15(24-19-11)17(21)23-12(2)16(20)18-9-8-13-4-6-14(22-3)7-5-13/h4-7,10,12H,8-9H2,1-3H3,(H,18,20)/t12-/m1/s1. The molecule has 7 heteroatoms. The minimum absolute atomic E-state index is 0.0228. The molecule has 1 atom stereocenters. The molecule has 0 fully saturated rings. The molecule has 0 aliphatic rings. The Labute approximate surface area is 139 Å². The van der Waals surface area contributed by atoms with Gasteiger partial charge in [-0.1, -0.05) is 17.3 Å². The molecule has 0 saturated carbocycles. The van der Waals surface area contributed by atoms with E-state index in [1.807, 2.05) is 24.3 Å². The van der Waals surface area contributed by atoms with Crippen molar-refractivity contribution in [2.24, 2.45) is 0 Å².